The molecule has 0 aromatic heterocycles. The van der Waals surface area contributed by atoms with Crippen LogP contribution in [0.5, 0.6) is 0 Å². The molecule has 1 aliphatic rings. The molecule has 110 valence electrons. The Labute approximate surface area is 117 Å². The number of fused-ring (bicyclic) bond motifs is 1. The Bertz CT molecular complexity index is 624. The average Bonchev–Trinajstić information content (AvgIpc) is 2.82. The van der Waals surface area contributed by atoms with Gasteiger partial charge in [-0.05, 0) is 30.9 Å². The van der Waals surface area contributed by atoms with Crippen LogP contribution >= 0.6 is 0 Å². The highest BCUT2D eigenvalue weighted by molar-refractivity contribution is 7.91. The van der Waals surface area contributed by atoms with Crippen LogP contribution in [0.15, 0.2) is 28.1 Å². The third-order valence-electron chi connectivity index (χ3n) is 3.39. The van der Waals surface area contributed by atoms with Crippen LogP contribution in [0.2, 0.25) is 0 Å². The SMILES string of the molecule is CCCCN=C1CCc2cccc(S(=O)(=O)C(F)F)c21. The van der Waals surface area contributed by atoms with Crippen molar-refractivity contribution < 1.29 is 17.2 Å². The van der Waals surface area contributed by atoms with E-state index in [4.69, 9.17) is 0 Å². The zero-order chi connectivity index (χ0) is 14.8. The molecule has 0 atom stereocenters. The first-order valence-corrected chi connectivity index (χ1v) is 8.20. The molecule has 3 nitrogen and oxygen atoms in total. The van der Waals surface area contributed by atoms with Gasteiger partial charge in [0.15, 0.2) is 0 Å². The number of hydrogen-bond donors (Lipinski definition) is 0. The van der Waals surface area contributed by atoms with Crippen LogP contribution in [-0.2, 0) is 16.3 Å². The quantitative estimate of drug-likeness (QED) is 0.784. The van der Waals surface area contributed by atoms with E-state index in [1.807, 2.05) is 6.92 Å². The first-order valence-electron chi connectivity index (χ1n) is 6.66. The molecule has 1 aromatic rings. The first-order chi connectivity index (χ1) is 9.48. The lowest BCUT2D eigenvalue weighted by Gasteiger charge is -2.09. The van der Waals surface area contributed by atoms with Gasteiger partial charge >= 0.3 is 5.76 Å². The van der Waals surface area contributed by atoms with Gasteiger partial charge in [0.05, 0.1) is 4.90 Å². The van der Waals surface area contributed by atoms with Gasteiger partial charge in [-0.3, -0.25) is 4.99 Å². The van der Waals surface area contributed by atoms with Gasteiger partial charge in [-0.25, -0.2) is 8.42 Å². The van der Waals surface area contributed by atoms with Crippen molar-refractivity contribution in [3.63, 3.8) is 0 Å². The number of rotatable bonds is 5. The van der Waals surface area contributed by atoms with Crippen LogP contribution < -0.4 is 0 Å². The maximum Gasteiger partial charge on any atom is 0.341 e. The number of aliphatic imine (C=N–C) groups is 1. The summed E-state index contributed by atoms with van der Waals surface area (Å²) in [5, 5.41) is 0. The normalized spacial score (nSPS) is 16.9. The van der Waals surface area contributed by atoms with E-state index in [-0.39, 0.29) is 4.90 Å². The van der Waals surface area contributed by atoms with Gasteiger partial charge in [0, 0.05) is 17.8 Å². The second kappa shape index (κ2) is 5.99. The Hall–Kier alpha value is -1.30. The lowest BCUT2D eigenvalue weighted by molar-refractivity contribution is 0.234. The van der Waals surface area contributed by atoms with E-state index in [9.17, 15) is 17.2 Å². The number of nitrogens with zero attached hydrogens (tertiary/aromatic N) is 1. The maximum absolute atomic E-state index is 12.8. The molecule has 0 N–H and O–H groups in total. The Morgan fingerprint density at radius 1 is 1.30 bits per heavy atom. The highest BCUT2D eigenvalue weighted by Gasteiger charge is 2.33. The third-order valence-corrected chi connectivity index (χ3v) is 4.81. The molecule has 1 aromatic carbocycles. The minimum atomic E-state index is -4.58. The Kier molecular flexibility index (Phi) is 4.52. The van der Waals surface area contributed by atoms with Crippen molar-refractivity contribution in [2.75, 3.05) is 6.54 Å². The van der Waals surface area contributed by atoms with Crippen LogP contribution in [0.3, 0.4) is 0 Å². The van der Waals surface area contributed by atoms with Gasteiger partial charge in [-0.1, -0.05) is 25.5 Å². The molecule has 0 spiro atoms. The van der Waals surface area contributed by atoms with E-state index >= 15 is 0 Å². The lowest BCUT2D eigenvalue weighted by atomic mass is 10.1. The van der Waals surface area contributed by atoms with Crippen molar-refractivity contribution in [2.24, 2.45) is 4.99 Å². The van der Waals surface area contributed by atoms with E-state index in [2.05, 4.69) is 4.99 Å². The molecule has 0 amide bonds. The molecular weight excluding hydrogens is 284 g/mol. The fraction of sp³-hybridized carbons (Fsp3) is 0.500. The molecule has 0 bridgehead atoms. The Morgan fingerprint density at radius 3 is 2.70 bits per heavy atom. The van der Waals surface area contributed by atoms with E-state index in [0.717, 1.165) is 18.4 Å². The fourth-order valence-electron chi connectivity index (χ4n) is 2.35. The van der Waals surface area contributed by atoms with Crippen molar-refractivity contribution in [3.05, 3.63) is 29.3 Å². The summed E-state index contributed by atoms with van der Waals surface area (Å²) in [7, 11) is -4.58. The summed E-state index contributed by atoms with van der Waals surface area (Å²) >= 11 is 0. The molecule has 20 heavy (non-hydrogen) atoms. The van der Waals surface area contributed by atoms with E-state index in [0.29, 0.717) is 30.7 Å². The van der Waals surface area contributed by atoms with Crippen LogP contribution in [-0.4, -0.2) is 26.4 Å². The predicted octanol–water partition coefficient (Wildman–Crippen LogP) is 3.22. The van der Waals surface area contributed by atoms with E-state index in [1.165, 1.54) is 12.1 Å². The summed E-state index contributed by atoms with van der Waals surface area (Å²) in [6, 6.07) is 4.55. The number of hydrogen-bond acceptors (Lipinski definition) is 3. The van der Waals surface area contributed by atoms with Gasteiger partial charge < -0.3 is 0 Å². The summed E-state index contributed by atoms with van der Waals surface area (Å²) in [5.74, 6) is -3.40. The van der Waals surface area contributed by atoms with Crippen LogP contribution in [0.4, 0.5) is 8.78 Å². The maximum atomic E-state index is 12.8. The van der Waals surface area contributed by atoms with Crippen molar-refractivity contribution in [1.29, 1.82) is 0 Å². The number of halogens is 2. The molecule has 0 unspecified atom stereocenters. The predicted molar refractivity (Wildman–Crippen MR) is 74.3 cm³/mol. The number of alkyl halides is 2. The molecule has 0 radical (unpaired) electrons. The van der Waals surface area contributed by atoms with Crippen LogP contribution in [0.1, 0.15) is 37.3 Å². The summed E-state index contributed by atoms with van der Waals surface area (Å²) in [6.45, 7) is 2.64. The van der Waals surface area contributed by atoms with E-state index in [1.54, 1.807) is 6.07 Å². The molecule has 0 aliphatic heterocycles. The number of unbranched alkanes of at least 4 members (excludes halogenated alkanes) is 1. The zero-order valence-corrected chi connectivity index (χ0v) is 12.1. The standard InChI is InChI=1S/C14H17F2NO2S/c1-2-3-9-17-11-8-7-10-5-4-6-12(13(10)11)20(18,19)14(15)16/h4-6,14H,2-3,7-9H2,1H3. The smallest absolute Gasteiger partial charge is 0.289 e. The summed E-state index contributed by atoms with van der Waals surface area (Å²) in [6.07, 6.45) is 3.17. The summed E-state index contributed by atoms with van der Waals surface area (Å²) < 4.78 is 49.1. The number of sulfone groups is 1. The van der Waals surface area contributed by atoms with Crippen molar-refractivity contribution >= 4 is 15.5 Å². The highest BCUT2D eigenvalue weighted by atomic mass is 32.2. The van der Waals surface area contributed by atoms with Crippen molar-refractivity contribution in [3.8, 4) is 0 Å². The molecule has 1 aliphatic carbocycles. The van der Waals surface area contributed by atoms with Gasteiger partial charge in [-0.15, -0.1) is 0 Å². The molecule has 6 heteroatoms. The summed E-state index contributed by atoms with van der Waals surface area (Å²) in [5.41, 5.74) is 1.85. The first kappa shape index (κ1) is 15.1. The lowest BCUT2D eigenvalue weighted by Crippen LogP contribution is -2.15. The minimum absolute atomic E-state index is 0.280. The average molecular weight is 301 g/mol. The topological polar surface area (TPSA) is 46.5 Å². The van der Waals surface area contributed by atoms with Gasteiger partial charge in [0.25, 0.3) is 0 Å². The second-order valence-electron chi connectivity index (χ2n) is 4.78. The summed E-state index contributed by atoms with van der Waals surface area (Å²) in [4.78, 5) is 4.12. The fourth-order valence-corrected chi connectivity index (χ4v) is 3.35. The van der Waals surface area contributed by atoms with Gasteiger partial charge in [0.1, 0.15) is 0 Å². The second-order valence-corrected chi connectivity index (χ2v) is 6.66. The molecule has 2 rings (SSSR count). The van der Waals surface area contributed by atoms with Gasteiger partial charge in [-0.2, -0.15) is 8.78 Å². The highest BCUT2D eigenvalue weighted by Crippen LogP contribution is 2.31. The minimum Gasteiger partial charge on any atom is -0.289 e. The number of aryl methyl sites for hydroxylation is 1. The van der Waals surface area contributed by atoms with Crippen molar-refractivity contribution in [1.82, 2.24) is 0 Å². The van der Waals surface area contributed by atoms with Crippen LogP contribution in [0, 0.1) is 0 Å². The molecular formula is C14H17F2NO2S. The van der Waals surface area contributed by atoms with Crippen LogP contribution in [0.25, 0.3) is 0 Å². The van der Waals surface area contributed by atoms with Crippen molar-refractivity contribution in [2.45, 2.75) is 43.3 Å². The molecule has 0 fully saturated rings. The third kappa shape index (κ3) is 2.75. The molecule has 0 heterocycles. The zero-order valence-electron chi connectivity index (χ0n) is 11.3. The monoisotopic (exact) mass is 301 g/mol. The van der Waals surface area contributed by atoms with Gasteiger partial charge in [0.2, 0.25) is 9.84 Å². The molecule has 0 saturated carbocycles. The number of benzene rings is 1. The van der Waals surface area contributed by atoms with E-state index < -0.39 is 15.6 Å². The Balaban J connectivity index is 2.49. The molecule has 0 saturated heterocycles. The largest absolute Gasteiger partial charge is 0.341 e. The Morgan fingerprint density at radius 2 is 2.05 bits per heavy atom.